The van der Waals surface area contributed by atoms with Crippen molar-refractivity contribution in [3.8, 4) is 11.4 Å². The molecule has 1 aromatic heterocycles. The van der Waals surface area contributed by atoms with E-state index in [1.165, 1.54) is 16.7 Å². The number of carbonyl (C=O) groups excluding carboxylic acids is 2. The lowest BCUT2D eigenvalue weighted by Crippen LogP contribution is -2.41. The van der Waals surface area contributed by atoms with Crippen LogP contribution in [0.2, 0.25) is 5.02 Å². The van der Waals surface area contributed by atoms with E-state index in [9.17, 15) is 9.59 Å². The molecule has 1 aliphatic heterocycles. The topological polar surface area (TPSA) is 90.2 Å². The molecule has 0 radical (unpaired) electrons. The zero-order valence-corrected chi connectivity index (χ0v) is 19.3. The molecule has 0 bridgehead atoms. The van der Waals surface area contributed by atoms with Gasteiger partial charge in [-0.2, -0.15) is 4.68 Å². The number of hydrogen-bond donors (Lipinski definition) is 0. The summed E-state index contributed by atoms with van der Waals surface area (Å²) in [5.41, 5.74) is 2.15. The predicted molar refractivity (Wildman–Crippen MR) is 121 cm³/mol. The molecule has 1 saturated heterocycles. The predicted octanol–water partition coefficient (Wildman–Crippen LogP) is 3.95. The van der Waals surface area contributed by atoms with E-state index in [0.717, 1.165) is 18.4 Å². The van der Waals surface area contributed by atoms with E-state index in [1.807, 2.05) is 25.1 Å². The number of carbonyl (C=O) groups is 2. The second-order valence-corrected chi connectivity index (χ2v) is 9.06. The molecular weight excluding hydrogens is 450 g/mol. The highest BCUT2D eigenvalue weighted by Gasteiger charge is 2.33. The van der Waals surface area contributed by atoms with Gasteiger partial charge in [-0.05, 0) is 72.2 Å². The van der Waals surface area contributed by atoms with Gasteiger partial charge in [0, 0.05) is 17.1 Å². The van der Waals surface area contributed by atoms with E-state index < -0.39 is 5.25 Å². The third-order valence-electron chi connectivity index (χ3n) is 5.23. The monoisotopic (exact) mass is 471 g/mol. The van der Waals surface area contributed by atoms with Crippen LogP contribution in [0.1, 0.15) is 35.2 Å². The molecule has 8 nitrogen and oxygen atoms in total. The van der Waals surface area contributed by atoms with E-state index in [0.29, 0.717) is 40.1 Å². The van der Waals surface area contributed by atoms with E-state index >= 15 is 0 Å². The smallest absolute Gasteiger partial charge is 0.260 e. The van der Waals surface area contributed by atoms with Crippen LogP contribution >= 0.6 is 23.4 Å². The molecule has 2 amide bonds. The normalized spacial score (nSPS) is 16.7. The number of rotatable bonds is 5. The van der Waals surface area contributed by atoms with Gasteiger partial charge in [0.1, 0.15) is 11.4 Å². The Labute approximate surface area is 194 Å². The van der Waals surface area contributed by atoms with Crippen molar-refractivity contribution in [3.05, 3.63) is 58.6 Å². The van der Waals surface area contributed by atoms with Gasteiger partial charge < -0.3 is 4.74 Å². The summed E-state index contributed by atoms with van der Waals surface area (Å²) in [6.45, 7) is 2.35. The number of tetrazole rings is 1. The van der Waals surface area contributed by atoms with Gasteiger partial charge in [-0.3, -0.25) is 14.5 Å². The molecule has 2 aromatic carbocycles. The number of nitrogens with zero attached hydrogens (tertiary/aromatic N) is 5. The van der Waals surface area contributed by atoms with Crippen molar-refractivity contribution in [1.29, 1.82) is 0 Å². The van der Waals surface area contributed by atoms with Gasteiger partial charge in [0.2, 0.25) is 11.1 Å². The number of ether oxygens (including phenoxy) is 1. The lowest BCUT2D eigenvalue weighted by atomic mass is 10.2. The number of imide groups is 1. The van der Waals surface area contributed by atoms with Gasteiger partial charge in [-0.15, -0.1) is 5.10 Å². The first-order valence-electron chi connectivity index (χ1n) is 10.2. The van der Waals surface area contributed by atoms with Crippen LogP contribution in [0.25, 0.3) is 5.69 Å². The van der Waals surface area contributed by atoms with Gasteiger partial charge in [0.25, 0.3) is 5.91 Å². The first-order chi connectivity index (χ1) is 15.5. The fraction of sp³-hybridized carbons (Fsp3) is 0.318. The number of halogens is 1. The number of benzene rings is 2. The van der Waals surface area contributed by atoms with Gasteiger partial charge in [0.15, 0.2) is 0 Å². The molecule has 0 spiro atoms. The summed E-state index contributed by atoms with van der Waals surface area (Å²) in [5.74, 6) is 0.0637. The second kappa shape index (κ2) is 9.70. The van der Waals surface area contributed by atoms with Crippen LogP contribution in [0.4, 0.5) is 0 Å². The van der Waals surface area contributed by atoms with Crippen LogP contribution in [0.3, 0.4) is 0 Å². The fourth-order valence-electron chi connectivity index (χ4n) is 3.56. The van der Waals surface area contributed by atoms with Crippen LogP contribution in [0.15, 0.2) is 47.6 Å². The van der Waals surface area contributed by atoms with Crippen molar-refractivity contribution < 1.29 is 14.3 Å². The van der Waals surface area contributed by atoms with Gasteiger partial charge in [0.05, 0.1) is 12.4 Å². The van der Waals surface area contributed by atoms with Crippen molar-refractivity contribution >= 4 is 35.2 Å². The Morgan fingerprint density at radius 3 is 2.72 bits per heavy atom. The molecule has 4 rings (SSSR count). The highest BCUT2D eigenvalue weighted by molar-refractivity contribution is 8.00. The number of aromatic nitrogens is 4. The molecular formula is C22H22ClN5O3S. The lowest BCUT2D eigenvalue weighted by molar-refractivity contribution is -0.127. The Kier molecular flexibility index (Phi) is 6.76. The SMILES string of the molecule is COc1ccc(C)cc1-n1nnnc1SC1CCCCN(C(=O)c2ccc(Cl)cc2)C1=O. The number of methoxy groups -OCH3 is 1. The van der Waals surface area contributed by atoms with Crippen molar-refractivity contribution in [2.24, 2.45) is 0 Å². The number of likely N-dealkylation sites (tertiary alicyclic amines) is 1. The van der Waals surface area contributed by atoms with Crippen LogP contribution < -0.4 is 4.74 Å². The molecule has 0 saturated carbocycles. The van der Waals surface area contributed by atoms with E-state index in [4.69, 9.17) is 16.3 Å². The third-order valence-corrected chi connectivity index (χ3v) is 6.67. The Bertz CT molecular complexity index is 1130. The minimum Gasteiger partial charge on any atom is -0.494 e. The summed E-state index contributed by atoms with van der Waals surface area (Å²) in [5, 5.41) is 12.6. The Morgan fingerprint density at radius 1 is 1.19 bits per heavy atom. The zero-order valence-electron chi connectivity index (χ0n) is 17.7. The molecule has 1 aliphatic rings. The maximum atomic E-state index is 13.3. The van der Waals surface area contributed by atoms with Crippen molar-refractivity contribution in [2.45, 2.75) is 36.6 Å². The first kappa shape index (κ1) is 22.3. The molecule has 32 heavy (non-hydrogen) atoms. The largest absolute Gasteiger partial charge is 0.494 e. The lowest BCUT2D eigenvalue weighted by Gasteiger charge is -2.22. The van der Waals surface area contributed by atoms with Gasteiger partial charge in [-0.25, -0.2) is 0 Å². The summed E-state index contributed by atoms with van der Waals surface area (Å²) in [7, 11) is 1.58. The molecule has 0 aliphatic carbocycles. The quantitative estimate of drug-likeness (QED) is 0.520. The van der Waals surface area contributed by atoms with Crippen molar-refractivity contribution in [3.63, 3.8) is 0 Å². The van der Waals surface area contributed by atoms with Crippen LogP contribution in [-0.4, -0.2) is 55.8 Å². The van der Waals surface area contributed by atoms with Crippen LogP contribution in [-0.2, 0) is 4.79 Å². The second-order valence-electron chi connectivity index (χ2n) is 7.45. The molecule has 10 heteroatoms. The van der Waals surface area contributed by atoms with E-state index in [-0.39, 0.29) is 11.8 Å². The van der Waals surface area contributed by atoms with Crippen molar-refractivity contribution in [2.75, 3.05) is 13.7 Å². The Hall–Kier alpha value is -2.91. The zero-order chi connectivity index (χ0) is 22.7. The summed E-state index contributed by atoms with van der Waals surface area (Å²) >= 11 is 7.20. The molecule has 1 fully saturated rings. The number of aryl methyl sites for hydroxylation is 1. The van der Waals surface area contributed by atoms with Gasteiger partial charge in [-0.1, -0.05) is 35.9 Å². The summed E-state index contributed by atoms with van der Waals surface area (Å²) in [4.78, 5) is 27.7. The average Bonchev–Trinajstić information content (AvgIpc) is 3.18. The first-order valence-corrected chi connectivity index (χ1v) is 11.4. The fourth-order valence-corrected chi connectivity index (χ4v) is 4.77. The molecule has 2 heterocycles. The highest BCUT2D eigenvalue weighted by Crippen LogP contribution is 2.32. The maximum Gasteiger partial charge on any atom is 0.260 e. The van der Waals surface area contributed by atoms with Gasteiger partial charge >= 0.3 is 0 Å². The van der Waals surface area contributed by atoms with E-state index in [1.54, 1.807) is 36.1 Å². The molecule has 3 aromatic rings. The minimum atomic E-state index is -0.477. The minimum absolute atomic E-state index is 0.238. The number of amides is 2. The maximum absolute atomic E-state index is 13.3. The summed E-state index contributed by atoms with van der Waals surface area (Å²) in [6.07, 6.45) is 2.20. The van der Waals surface area contributed by atoms with Crippen LogP contribution in [0.5, 0.6) is 5.75 Å². The Morgan fingerprint density at radius 2 is 1.97 bits per heavy atom. The average molecular weight is 472 g/mol. The van der Waals surface area contributed by atoms with E-state index in [2.05, 4.69) is 15.5 Å². The molecule has 166 valence electrons. The third kappa shape index (κ3) is 4.63. The number of thioether (sulfide) groups is 1. The molecule has 1 unspecified atom stereocenters. The molecule has 0 N–H and O–H groups in total. The Balaban J connectivity index is 1.59. The number of hydrogen-bond acceptors (Lipinski definition) is 7. The summed E-state index contributed by atoms with van der Waals surface area (Å²) in [6, 6.07) is 12.3. The standard InChI is InChI=1S/C22H22ClN5O3S/c1-14-6-11-18(31-2)17(13-14)28-22(24-25-26-28)32-19-5-3-4-12-27(21(19)30)20(29)15-7-9-16(23)10-8-15/h6-11,13,19H,3-5,12H2,1-2H3. The van der Waals surface area contributed by atoms with Crippen molar-refractivity contribution in [1.82, 2.24) is 25.1 Å². The summed E-state index contributed by atoms with van der Waals surface area (Å²) < 4.78 is 7.03. The highest BCUT2D eigenvalue weighted by atomic mass is 35.5. The molecule has 1 atom stereocenters. The van der Waals surface area contributed by atoms with Crippen LogP contribution in [0, 0.1) is 6.92 Å².